The molecule has 0 fully saturated rings. The van der Waals surface area contributed by atoms with Gasteiger partial charge in [-0.05, 0) is 18.6 Å². The van der Waals surface area contributed by atoms with E-state index in [1.54, 1.807) is 16.8 Å². The highest BCUT2D eigenvalue weighted by Gasteiger charge is 2.12. The highest BCUT2D eigenvalue weighted by atomic mass is 16.6. The molecular formula is C18H14N6O3. The molecule has 9 nitrogen and oxygen atoms in total. The van der Waals surface area contributed by atoms with Crippen LogP contribution in [-0.4, -0.2) is 25.7 Å². The summed E-state index contributed by atoms with van der Waals surface area (Å²) in [7, 11) is 0. The molecule has 0 amide bonds. The first-order valence-corrected chi connectivity index (χ1v) is 8.06. The van der Waals surface area contributed by atoms with Crippen LogP contribution in [0, 0.1) is 17.0 Å². The molecular weight excluding hydrogens is 348 g/mol. The fourth-order valence-electron chi connectivity index (χ4n) is 2.66. The molecule has 0 aliphatic carbocycles. The molecule has 0 aliphatic heterocycles. The zero-order valence-corrected chi connectivity index (χ0v) is 14.2. The van der Waals surface area contributed by atoms with Crippen molar-refractivity contribution in [3.05, 3.63) is 76.3 Å². The fourth-order valence-corrected chi connectivity index (χ4v) is 2.66. The Bertz CT molecular complexity index is 1150. The Morgan fingerprint density at radius 1 is 1.26 bits per heavy atom. The number of hydrogen-bond acceptors (Lipinski definition) is 7. The largest absolute Gasteiger partial charge is 0.433 e. The molecule has 1 aromatic carbocycles. The van der Waals surface area contributed by atoms with E-state index in [9.17, 15) is 10.1 Å². The number of nitrogens with one attached hydrogen (secondary N) is 1. The van der Waals surface area contributed by atoms with Gasteiger partial charge in [-0.3, -0.25) is 15.5 Å². The number of hydrazone groups is 1. The monoisotopic (exact) mass is 362 g/mol. The maximum absolute atomic E-state index is 10.6. The lowest BCUT2D eigenvalue weighted by Gasteiger charge is -2.06. The van der Waals surface area contributed by atoms with Gasteiger partial charge in [0.15, 0.2) is 17.2 Å². The Morgan fingerprint density at radius 2 is 2.07 bits per heavy atom. The van der Waals surface area contributed by atoms with Gasteiger partial charge in [0.05, 0.1) is 18.5 Å². The average molecular weight is 362 g/mol. The minimum atomic E-state index is -0.602. The van der Waals surface area contributed by atoms with Gasteiger partial charge in [-0.2, -0.15) is 14.7 Å². The molecule has 0 spiro atoms. The number of benzene rings is 1. The van der Waals surface area contributed by atoms with Crippen LogP contribution in [0.4, 0.5) is 11.7 Å². The molecule has 0 atom stereocenters. The summed E-state index contributed by atoms with van der Waals surface area (Å²) in [5.74, 6) is 0.539. The Kier molecular flexibility index (Phi) is 4.09. The zero-order chi connectivity index (χ0) is 18.8. The van der Waals surface area contributed by atoms with Crippen LogP contribution in [-0.2, 0) is 0 Å². The molecule has 0 saturated heterocycles. The van der Waals surface area contributed by atoms with E-state index >= 15 is 0 Å². The summed E-state index contributed by atoms with van der Waals surface area (Å²) >= 11 is 0. The summed E-state index contributed by atoms with van der Waals surface area (Å²) in [5.41, 5.74) is 6.31. The number of anilines is 1. The number of nitrogens with zero attached hydrogens (tertiary/aromatic N) is 5. The highest BCUT2D eigenvalue weighted by molar-refractivity contribution is 5.79. The van der Waals surface area contributed by atoms with Gasteiger partial charge in [-0.25, -0.2) is 4.98 Å². The van der Waals surface area contributed by atoms with Gasteiger partial charge in [0.1, 0.15) is 4.92 Å². The predicted molar refractivity (Wildman–Crippen MR) is 99.7 cm³/mol. The second-order valence-electron chi connectivity index (χ2n) is 5.75. The van der Waals surface area contributed by atoms with E-state index in [0.29, 0.717) is 11.5 Å². The van der Waals surface area contributed by atoms with Crippen LogP contribution >= 0.6 is 0 Å². The molecule has 134 valence electrons. The number of furan rings is 1. The van der Waals surface area contributed by atoms with Crippen molar-refractivity contribution in [1.29, 1.82) is 0 Å². The predicted octanol–water partition coefficient (Wildman–Crippen LogP) is 3.65. The van der Waals surface area contributed by atoms with Crippen molar-refractivity contribution >= 4 is 23.6 Å². The molecule has 0 unspecified atom stereocenters. The van der Waals surface area contributed by atoms with Crippen molar-refractivity contribution in [3.8, 4) is 11.1 Å². The maximum atomic E-state index is 10.6. The van der Waals surface area contributed by atoms with E-state index in [2.05, 4.69) is 20.6 Å². The molecule has 1 N–H and O–H groups in total. The third-order valence-corrected chi connectivity index (χ3v) is 3.85. The topological polar surface area (TPSA) is 111 Å². The normalized spacial score (nSPS) is 11.3. The minimum Gasteiger partial charge on any atom is -0.400 e. The standard InChI is InChI=1S/C18H14N6O3/c1-12-9-16(22-19-10-14-7-8-17(27-14)24(25)26)23-18(21-12)15(11-20-23)13-5-3-2-4-6-13/h2-11,22H,1H3/b19-10+. The summed E-state index contributed by atoms with van der Waals surface area (Å²) in [6.45, 7) is 1.88. The first kappa shape index (κ1) is 16.5. The number of aromatic nitrogens is 3. The molecule has 3 heterocycles. The van der Waals surface area contributed by atoms with Crippen molar-refractivity contribution in [3.63, 3.8) is 0 Å². The second-order valence-corrected chi connectivity index (χ2v) is 5.75. The lowest BCUT2D eigenvalue weighted by molar-refractivity contribution is -0.402. The SMILES string of the molecule is Cc1cc(N/N=C/c2ccc([N+](=O)[O-])o2)n2ncc(-c3ccccc3)c2n1. The van der Waals surface area contributed by atoms with Gasteiger partial charge in [-0.1, -0.05) is 30.3 Å². The van der Waals surface area contributed by atoms with Gasteiger partial charge in [0, 0.05) is 17.3 Å². The lowest BCUT2D eigenvalue weighted by atomic mass is 10.1. The Balaban J connectivity index is 1.65. The Hall–Kier alpha value is -4.01. The van der Waals surface area contributed by atoms with Crippen molar-refractivity contribution < 1.29 is 9.34 Å². The van der Waals surface area contributed by atoms with Crippen molar-refractivity contribution in [2.24, 2.45) is 5.10 Å². The summed E-state index contributed by atoms with van der Waals surface area (Å²) in [6.07, 6.45) is 3.11. The Morgan fingerprint density at radius 3 is 2.81 bits per heavy atom. The molecule has 0 bridgehead atoms. The second kappa shape index (κ2) is 6.71. The first-order valence-electron chi connectivity index (χ1n) is 8.06. The number of aryl methyl sites for hydroxylation is 1. The van der Waals surface area contributed by atoms with Crippen molar-refractivity contribution in [2.45, 2.75) is 6.92 Å². The van der Waals surface area contributed by atoms with Crippen molar-refractivity contribution in [2.75, 3.05) is 5.43 Å². The molecule has 27 heavy (non-hydrogen) atoms. The summed E-state index contributed by atoms with van der Waals surface area (Å²) in [5, 5.41) is 19.1. The third-order valence-electron chi connectivity index (χ3n) is 3.85. The maximum Gasteiger partial charge on any atom is 0.433 e. The van der Waals surface area contributed by atoms with Crippen LogP contribution in [0.5, 0.6) is 0 Å². The van der Waals surface area contributed by atoms with Gasteiger partial charge < -0.3 is 4.42 Å². The average Bonchev–Trinajstić information content (AvgIpc) is 3.29. The quantitative estimate of drug-likeness (QED) is 0.329. The van der Waals surface area contributed by atoms with E-state index < -0.39 is 4.92 Å². The fraction of sp³-hybridized carbons (Fsp3) is 0.0556. The van der Waals surface area contributed by atoms with E-state index in [1.165, 1.54) is 18.3 Å². The molecule has 0 aliphatic rings. The van der Waals surface area contributed by atoms with E-state index in [4.69, 9.17) is 4.42 Å². The molecule has 3 aromatic heterocycles. The zero-order valence-electron chi connectivity index (χ0n) is 14.2. The van der Waals surface area contributed by atoms with Crippen LogP contribution in [0.15, 0.2) is 64.2 Å². The van der Waals surface area contributed by atoms with Gasteiger partial charge in [0.25, 0.3) is 0 Å². The van der Waals surface area contributed by atoms with Crippen LogP contribution < -0.4 is 5.43 Å². The van der Waals surface area contributed by atoms with E-state index in [-0.39, 0.29) is 11.6 Å². The number of rotatable bonds is 5. The minimum absolute atomic E-state index is 0.265. The summed E-state index contributed by atoms with van der Waals surface area (Å²) in [6, 6.07) is 14.4. The van der Waals surface area contributed by atoms with Gasteiger partial charge in [-0.15, -0.1) is 0 Å². The van der Waals surface area contributed by atoms with Crippen LogP contribution in [0.1, 0.15) is 11.5 Å². The smallest absolute Gasteiger partial charge is 0.400 e. The molecule has 4 aromatic rings. The Labute approximate surface area is 153 Å². The lowest BCUT2D eigenvalue weighted by Crippen LogP contribution is -2.02. The van der Waals surface area contributed by atoms with E-state index in [1.807, 2.05) is 37.3 Å². The number of nitro groups is 1. The van der Waals surface area contributed by atoms with E-state index in [0.717, 1.165) is 16.8 Å². The molecule has 0 radical (unpaired) electrons. The molecule has 4 rings (SSSR count). The third kappa shape index (κ3) is 3.25. The van der Waals surface area contributed by atoms with Gasteiger partial charge in [0.2, 0.25) is 0 Å². The molecule has 0 saturated carbocycles. The van der Waals surface area contributed by atoms with Crippen LogP contribution in [0.3, 0.4) is 0 Å². The van der Waals surface area contributed by atoms with Crippen LogP contribution in [0.2, 0.25) is 0 Å². The summed E-state index contributed by atoms with van der Waals surface area (Å²) in [4.78, 5) is 14.6. The first-order chi connectivity index (χ1) is 13.1. The molecule has 9 heteroatoms. The van der Waals surface area contributed by atoms with Gasteiger partial charge >= 0.3 is 5.88 Å². The summed E-state index contributed by atoms with van der Waals surface area (Å²) < 4.78 is 6.68. The van der Waals surface area contributed by atoms with Crippen molar-refractivity contribution in [1.82, 2.24) is 14.6 Å². The number of fused-ring (bicyclic) bond motifs is 1. The number of hydrogen-bond donors (Lipinski definition) is 1. The highest BCUT2D eigenvalue weighted by Crippen LogP contribution is 2.25. The van der Waals surface area contributed by atoms with Crippen LogP contribution in [0.25, 0.3) is 16.8 Å².